The molecule has 6 rings (SSSR count). The van der Waals surface area contributed by atoms with Crippen molar-refractivity contribution in [2.45, 2.75) is 67.7 Å². The maximum atomic E-state index is 13.7. The molecule has 6 atom stereocenters. The number of aliphatic hydroxyl groups is 2. The molecule has 1 aromatic rings. The maximum absolute atomic E-state index is 13.7. The van der Waals surface area contributed by atoms with Crippen molar-refractivity contribution >= 4 is 29.7 Å². The summed E-state index contributed by atoms with van der Waals surface area (Å²) in [6.45, 7) is -1.04. The monoisotopic (exact) mass is 648 g/mol. The molecule has 4 aliphatic heterocycles. The second kappa shape index (κ2) is 9.93. The Morgan fingerprint density at radius 3 is 2.27 bits per heavy atom. The lowest BCUT2D eigenvalue weighted by Gasteiger charge is -2.46. The van der Waals surface area contributed by atoms with Gasteiger partial charge in [-0.25, -0.2) is 15.1 Å². The lowest BCUT2D eigenvalue weighted by Crippen LogP contribution is -2.90. The van der Waals surface area contributed by atoms with Gasteiger partial charge in [-0.1, -0.05) is 12.8 Å². The van der Waals surface area contributed by atoms with Gasteiger partial charge in [-0.15, -0.1) is 0 Å². The van der Waals surface area contributed by atoms with Crippen LogP contribution in [0.15, 0.2) is 23.2 Å². The van der Waals surface area contributed by atoms with Gasteiger partial charge in [-0.3, -0.25) is 30.1 Å². The second-order valence-corrected chi connectivity index (χ2v) is 11.8. The van der Waals surface area contributed by atoms with E-state index in [1.165, 1.54) is 0 Å². The van der Waals surface area contributed by atoms with E-state index < -0.39 is 101 Å². The predicted octanol–water partition coefficient (Wildman–Crippen LogP) is -1.82. The number of halogens is 6. The van der Waals surface area contributed by atoms with Crippen LogP contribution in [0.4, 0.5) is 26.3 Å². The van der Waals surface area contributed by atoms with Crippen molar-refractivity contribution in [3.05, 3.63) is 34.9 Å². The smallest absolute Gasteiger partial charge is 0.417 e. The van der Waals surface area contributed by atoms with E-state index >= 15 is 0 Å². The van der Waals surface area contributed by atoms with Gasteiger partial charge < -0.3 is 20.7 Å². The van der Waals surface area contributed by atoms with Gasteiger partial charge in [0, 0.05) is 0 Å². The topological polar surface area (TPSA) is 198 Å². The molecule has 19 heteroatoms. The fourth-order valence-corrected chi connectivity index (χ4v) is 7.18. The molecule has 0 aromatic heterocycles. The minimum Gasteiger partial charge on any atom is -0.451 e. The summed E-state index contributed by atoms with van der Waals surface area (Å²) >= 11 is 0. The molecule has 8 N–H and O–H groups in total. The van der Waals surface area contributed by atoms with Gasteiger partial charge >= 0.3 is 24.3 Å². The Hall–Kier alpha value is -4.13. The zero-order valence-electron chi connectivity index (χ0n) is 23.2. The predicted molar refractivity (Wildman–Crippen MR) is 137 cm³/mol. The third-order valence-corrected chi connectivity index (χ3v) is 9.25. The molecule has 1 spiro atoms. The summed E-state index contributed by atoms with van der Waals surface area (Å²) in [6.07, 6.45) is -9.86. The van der Waals surface area contributed by atoms with E-state index in [-0.39, 0.29) is 30.7 Å². The summed E-state index contributed by atoms with van der Waals surface area (Å²) in [5.41, 5.74) is 5.10. The van der Waals surface area contributed by atoms with Crippen LogP contribution in [-0.4, -0.2) is 92.4 Å². The molecule has 3 fully saturated rings. The first-order valence-electron chi connectivity index (χ1n) is 14.0. The molecule has 2 saturated heterocycles. The number of guanidine groups is 2. The molecule has 0 bridgehead atoms. The molecule has 2 unspecified atom stereocenters. The number of carbonyl (C=O) groups excluding carboxylic acids is 3. The number of imide groups is 1. The van der Waals surface area contributed by atoms with Crippen molar-refractivity contribution in [3.63, 3.8) is 0 Å². The van der Waals surface area contributed by atoms with Crippen LogP contribution in [0, 0.1) is 11.8 Å². The van der Waals surface area contributed by atoms with Gasteiger partial charge in [0.05, 0.1) is 41.6 Å². The van der Waals surface area contributed by atoms with E-state index in [0.29, 0.717) is 12.8 Å². The number of benzene rings is 1. The molecule has 1 saturated carbocycles. The molecule has 244 valence electrons. The summed E-state index contributed by atoms with van der Waals surface area (Å²) in [5, 5.41) is 25.6. The summed E-state index contributed by atoms with van der Waals surface area (Å²) in [6, 6.07) is -2.24. The SMILES string of the molecule is NC1=N[C@@H](CN2C(=O)C3CCCCC3C2=O)[C@@H]2[NH+]=C(N)N[C@]23N1C[C@H](OC(=O)c1cc(C(F)(F)F)ccc1C(F)(F)F)C3(O)O. The Bertz CT molecular complexity index is 1510. The summed E-state index contributed by atoms with van der Waals surface area (Å²) < 4.78 is 86.0. The largest absolute Gasteiger partial charge is 0.451 e. The Balaban J connectivity index is 1.31. The zero-order chi connectivity index (χ0) is 32.9. The Labute approximate surface area is 249 Å². The standard InChI is InChI=1S/C26H27F6N7O6/c27-25(28,29)10-5-6-14(26(30,31)32)13(7-10)20(42)45-16-9-39-22(34)35-15(17-23(39,24(16,43)44)37-21(33)36-17)8-38-18(40)11-3-1-2-4-12(11)19(38)41/h5-7,11-12,15-17,43-44H,1-4,8-9H2,(H2,34,35)(H3,33,36,37)/p+1/t11?,12?,15-,16-,17-,23-/m0/s1. The first kappa shape index (κ1) is 30.9. The number of esters is 1. The lowest BCUT2D eigenvalue weighted by molar-refractivity contribution is -0.522. The van der Waals surface area contributed by atoms with Crippen LogP contribution < -0.4 is 21.8 Å². The highest BCUT2D eigenvalue weighted by Gasteiger charge is 2.77. The molecular weight excluding hydrogens is 620 g/mol. The number of nitrogens with zero attached hydrogens (tertiary/aromatic N) is 3. The van der Waals surface area contributed by atoms with Gasteiger partial charge in [0.15, 0.2) is 18.1 Å². The highest BCUT2D eigenvalue weighted by Crippen LogP contribution is 2.44. The second-order valence-electron chi connectivity index (χ2n) is 11.8. The average Bonchev–Trinajstić information content (AvgIpc) is 3.51. The van der Waals surface area contributed by atoms with E-state index in [9.17, 15) is 50.9 Å². The number of fused-ring (bicyclic) bond motifs is 1. The lowest BCUT2D eigenvalue weighted by atomic mass is 9.81. The van der Waals surface area contributed by atoms with E-state index in [4.69, 9.17) is 16.2 Å². The minimum atomic E-state index is -5.27. The van der Waals surface area contributed by atoms with Gasteiger partial charge in [0.2, 0.25) is 11.8 Å². The summed E-state index contributed by atoms with van der Waals surface area (Å²) in [4.78, 5) is 48.5. The van der Waals surface area contributed by atoms with Gasteiger partial charge in [0.1, 0.15) is 6.04 Å². The number of alkyl halides is 6. The number of likely N-dealkylation sites (tertiary alicyclic amines) is 1. The van der Waals surface area contributed by atoms with E-state index in [1.54, 1.807) is 0 Å². The fraction of sp³-hybridized carbons (Fsp3) is 0.577. The van der Waals surface area contributed by atoms with E-state index in [2.05, 4.69) is 15.3 Å². The first-order valence-corrected chi connectivity index (χ1v) is 14.0. The van der Waals surface area contributed by atoms with Crippen molar-refractivity contribution in [1.82, 2.24) is 15.1 Å². The number of hydrogen-bond donors (Lipinski definition) is 6. The van der Waals surface area contributed by atoms with Crippen LogP contribution in [0.2, 0.25) is 0 Å². The number of nitrogens with one attached hydrogen (secondary N) is 2. The van der Waals surface area contributed by atoms with Crippen LogP contribution in [0.3, 0.4) is 0 Å². The van der Waals surface area contributed by atoms with E-state index in [1.807, 2.05) is 0 Å². The highest BCUT2D eigenvalue weighted by atomic mass is 19.4. The number of rotatable bonds is 4. The molecule has 1 aromatic carbocycles. The number of amides is 2. The quantitative estimate of drug-likeness (QED) is 0.0936. The molecule has 2 amide bonds. The van der Waals surface area contributed by atoms with Crippen molar-refractivity contribution < 1.29 is 60.7 Å². The third kappa shape index (κ3) is 4.57. The highest BCUT2D eigenvalue weighted by molar-refractivity contribution is 6.05. The third-order valence-electron chi connectivity index (χ3n) is 9.25. The molecule has 0 radical (unpaired) electrons. The number of carbonyl (C=O) groups is 3. The minimum absolute atomic E-state index is 0.0420. The number of hydrogen-bond acceptors (Lipinski definition) is 11. The van der Waals surface area contributed by atoms with Crippen molar-refractivity contribution in [1.29, 1.82) is 0 Å². The first-order chi connectivity index (χ1) is 20.9. The average molecular weight is 649 g/mol. The fourth-order valence-electron chi connectivity index (χ4n) is 7.18. The summed E-state index contributed by atoms with van der Waals surface area (Å²) in [5.74, 6) is -7.58. The Morgan fingerprint density at radius 2 is 1.69 bits per heavy atom. The van der Waals surface area contributed by atoms with Crippen molar-refractivity contribution in [2.24, 2.45) is 28.3 Å². The molecule has 13 nitrogen and oxygen atoms in total. The van der Waals surface area contributed by atoms with Crippen LogP contribution >= 0.6 is 0 Å². The number of aliphatic imine (C=N–C) groups is 1. The van der Waals surface area contributed by atoms with Crippen LogP contribution in [-0.2, 0) is 26.7 Å². The maximum Gasteiger partial charge on any atom is 0.417 e. The molecule has 4 heterocycles. The molecule has 45 heavy (non-hydrogen) atoms. The zero-order valence-corrected chi connectivity index (χ0v) is 23.2. The molecule has 1 aliphatic carbocycles. The molecule has 5 aliphatic rings. The van der Waals surface area contributed by atoms with Crippen LogP contribution in [0.5, 0.6) is 0 Å². The normalized spacial score (nSPS) is 32.4. The Morgan fingerprint density at radius 1 is 1.07 bits per heavy atom. The summed E-state index contributed by atoms with van der Waals surface area (Å²) in [7, 11) is 0. The van der Waals surface area contributed by atoms with E-state index in [0.717, 1.165) is 22.6 Å². The van der Waals surface area contributed by atoms with Crippen molar-refractivity contribution in [3.8, 4) is 0 Å². The Kier molecular flexibility index (Phi) is 6.82. The number of ether oxygens (including phenoxy) is 1. The van der Waals surface area contributed by atoms with Crippen LogP contribution in [0.1, 0.15) is 47.2 Å². The van der Waals surface area contributed by atoms with Crippen molar-refractivity contribution in [2.75, 3.05) is 13.1 Å². The van der Waals surface area contributed by atoms with Gasteiger partial charge in [-0.05, 0) is 31.0 Å². The molecular formula is C26H28F6N7O6+. The van der Waals surface area contributed by atoms with Crippen LogP contribution in [0.25, 0.3) is 0 Å². The number of nitrogens with two attached hydrogens (primary N) is 2. The van der Waals surface area contributed by atoms with Gasteiger partial charge in [-0.2, -0.15) is 26.3 Å². The van der Waals surface area contributed by atoms with Gasteiger partial charge in [0.25, 0.3) is 11.4 Å².